The average molecular weight is 305 g/mol. The lowest BCUT2D eigenvalue weighted by Gasteiger charge is -2.69. The van der Waals surface area contributed by atoms with Gasteiger partial charge in [-0.05, 0) is 71.1 Å². The topological polar surface area (TPSA) is 0 Å². The van der Waals surface area contributed by atoms with Gasteiger partial charge in [0.15, 0.2) is 0 Å². The summed E-state index contributed by atoms with van der Waals surface area (Å²) in [6.45, 7) is 0. The highest BCUT2D eigenvalue weighted by Crippen LogP contribution is 2.94. The number of hydrogen-bond acceptors (Lipinski definition) is 0. The molecule has 22 heavy (non-hydrogen) atoms. The third-order valence-corrected chi connectivity index (χ3v) is 8.50. The predicted molar refractivity (Wildman–Crippen MR) is 87.9 cm³/mol. The lowest BCUT2D eigenvalue weighted by Crippen LogP contribution is -2.68. The van der Waals surface area contributed by atoms with Gasteiger partial charge in [0.05, 0.1) is 0 Å². The molecule has 2 aromatic carbocycles. The Morgan fingerprint density at radius 1 is 0.955 bits per heavy atom. The van der Waals surface area contributed by atoms with Crippen LogP contribution in [0.3, 0.4) is 0 Å². The van der Waals surface area contributed by atoms with E-state index in [9.17, 15) is 0 Å². The molecule has 2 aromatic rings. The molecule has 5 aliphatic rings. The Balaban J connectivity index is 1.64. The minimum absolute atomic E-state index is 0.326. The van der Waals surface area contributed by atoms with Crippen LogP contribution in [0.5, 0.6) is 0 Å². The molecule has 108 valence electrons. The van der Waals surface area contributed by atoms with Crippen LogP contribution in [0.2, 0.25) is 5.02 Å². The number of rotatable bonds is 0. The number of hydrogen-bond donors (Lipinski definition) is 0. The van der Waals surface area contributed by atoms with Gasteiger partial charge in [-0.3, -0.25) is 0 Å². The molecule has 6 unspecified atom stereocenters. The third kappa shape index (κ3) is 0.801. The van der Waals surface area contributed by atoms with Crippen LogP contribution >= 0.6 is 11.6 Å². The van der Waals surface area contributed by atoms with E-state index in [1.54, 1.807) is 11.1 Å². The molecule has 0 bridgehead atoms. The highest BCUT2D eigenvalue weighted by Gasteiger charge is 2.90. The van der Waals surface area contributed by atoms with Gasteiger partial charge in [0.1, 0.15) is 0 Å². The molecule has 2 spiro atoms. The Morgan fingerprint density at radius 2 is 1.82 bits per heavy atom. The van der Waals surface area contributed by atoms with Gasteiger partial charge < -0.3 is 0 Å². The summed E-state index contributed by atoms with van der Waals surface area (Å²) < 4.78 is 0. The van der Waals surface area contributed by atoms with Crippen molar-refractivity contribution in [2.45, 2.75) is 24.7 Å². The Labute approximate surface area is 135 Å². The highest BCUT2D eigenvalue weighted by atomic mass is 35.5. The van der Waals surface area contributed by atoms with Crippen molar-refractivity contribution < 1.29 is 0 Å². The van der Waals surface area contributed by atoms with Gasteiger partial charge in [-0.25, -0.2) is 0 Å². The second kappa shape index (κ2) is 3.04. The van der Waals surface area contributed by atoms with E-state index in [0.29, 0.717) is 10.8 Å². The van der Waals surface area contributed by atoms with Crippen molar-refractivity contribution in [3.63, 3.8) is 0 Å². The summed E-state index contributed by atoms with van der Waals surface area (Å²) in [5.74, 6) is 3.99. The van der Waals surface area contributed by atoms with Crippen LogP contribution < -0.4 is 0 Å². The van der Waals surface area contributed by atoms with Crippen LogP contribution in [0.25, 0.3) is 11.1 Å². The van der Waals surface area contributed by atoms with E-state index in [-0.39, 0.29) is 0 Å². The van der Waals surface area contributed by atoms with Crippen molar-refractivity contribution in [1.82, 2.24) is 0 Å². The molecule has 1 heteroatoms. The van der Waals surface area contributed by atoms with Crippen molar-refractivity contribution in [2.24, 2.45) is 29.1 Å². The van der Waals surface area contributed by atoms with Crippen LogP contribution in [0, 0.1) is 29.1 Å². The third-order valence-electron chi connectivity index (χ3n) is 8.18. The first-order chi connectivity index (χ1) is 10.8. The predicted octanol–water partition coefficient (Wildman–Crippen LogP) is 5.28. The Hall–Kier alpha value is -1.27. The maximum Gasteiger partial charge on any atom is 0.0487 e. The fourth-order valence-electron chi connectivity index (χ4n) is 7.85. The minimum atomic E-state index is 0.326. The molecule has 5 aliphatic carbocycles. The Bertz CT molecular complexity index is 883. The maximum atomic E-state index is 6.67. The molecular formula is C21H17Cl. The van der Waals surface area contributed by atoms with Crippen molar-refractivity contribution in [3.8, 4) is 11.1 Å². The van der Waals surface area contributed by atoms with Gasteiger partial charge in [-0.2, -0.15) is 0 Å². The van der Waals surface area contributed by atoms with E-state index < -0.39 is 0 Å². The SMILES string of the molecule is Clc1cccc2c1-c1ccccc1C21C2CC3CC4CC41C32. The van der Waals surface area contributed by atoms with Crippen LogP contribution in [-0.4, -0.2) is 0 Å². The molecule has 0 aromatic heterocycles. The van der Waals surface area contributed by atoms with E-state index in [2.05, 4.69) is 42.5 Å². The molecule has 4 saturated carbocycles. The molecule has 0 amide bonds. The summed E-state index contributed by atoms with van der Waals surface area (Å²) in [7, 11) is 0. The summed E-state index contributed by atoms with van der Waals surface area (Å²) in [6, 6.07) is 15.8. The van der Waals surface area contributed by atoms with E-state index in [1.807, 2.05) is 0 Å². The molecule has 0 nitrogen and oxygen atoms in total. The molecular weight excluding hydrogens is 288 g/mol. The largest absolute Gasteiger partial charge is 0.0837 e. The van der Waals surface area contributed by atoms with Crippen molar-refractivity contribution in [3.05, 3.63) is 58.6 Å². The second-order valence-corrected chi connectivity index (χ2v) is 8.73. The molecule has 6 atom stereocenters. The summed E-state index contributed by atoms with van der Waals surface area (Å²) in [5.41, 5.74) is 6.91. The highest BCUT2D eigenvalue weighted by molar-refractivity contribution is 6.34. The number of benzene rings is 2. The summed E-state index contributed by atoms with van der Waals surface area (Å²) >= 11 is 6.67. The number of fused-ring (bicyclic) bond motifs is 6. The molecule has 0 aliphatic heterocycles. The van der Waals surface area contributed by atoms with Crippen LogP contribution in [0.4, 0.5) is 0 Å². The van der Waals surface area contributed by atoms with Gasteiger partial charge in [0.2, 0.25) is 0 Å². The van der Waals surface area contributed by atoms with Crippen LogP contribution in [0.15, 0.2) is 42.5 Å². The van der Waals surface area contributed by atoms with Gasteiger partial charge >= 0.3 is 0 Å². The van der Waals surface area contributed by atoms with Crippen LogP contribution in [0.1, 0.15) is 30.4 Å². The molecule has 0 N–H and O–H groups in total. The van der Waals surface area contributed by atoms with Gasteiger partial charge in [0, 0.05) is 16.0 Å². The van der Waals surface area contributed by atoms with Gasteiger partial charge in [0.25, 0.3) is 0 Å². The van der Waals surface area contributed by atoms with Gasteiger partial charge in [-0.1, -0.05) is 48.0 Å². The van der Waals surface area contributed by atoms with E-state index in [4.69, 9.17) is 11.6 Å². The maximum absolute atomic E-state index is 6.67. The average Bonchev–Trinajstić information content (AvgIpc) is 3.09. The summed E-state index contributed by atoms with van der Waals surface area (Å²) in [5, 5.41) is 0.952. The Morgan fingerprint density at radius 3 is 2.77 bits per heavy atom. The number of halogens is 1. The summed E-state index contributed by atoms with van der Waals surface area (Å²) in [6.07, 6.45) is 4.45. The normalized spacial score (nSPS) is 47.1. The fourth-order valence-corrected chi connectivity index (χ4v) is 8.13. The standard InChI is InChI=1S/C21H17Cl/c22-17-7-3-6-15-18(17)13-4-1-2-5-14(13)21(15)16-9-11-8-12-10-20(12,21)19(11)16/h1-7,11-12,16,19H,8-10H2. The van der Waals surface area contributed by atoms with E-state index in [1.165, 1.54) is 30.4 Å². The lowest BCUT2D eigenvalue weighted by atomic mass is 9.33. The van der Waals surface area contributed by atoms with E-state index >= 15 is 0 Å². The first-order valence-electron chi connectivity index (χ1n) is 8.69. The molecule has 4 fully saturated rings. The minimum Gasteiger partial charge on any atom is -0.0837 e. The fraction of sp³-hybridized carbons (Fsp3) is 0.429. The molecule has 7 rings (SSSR count). The molecule has 0 saturated heterocycles. The van der Waals surface area contributed by atoms with Crippen molar-refractivity contribution in [1.29, 1.82) is 0 Å². The van der Waals surface area contributed by atoms with Crippen molar-refractivity contribution in [2.75, 3.05) is 0 Å². The second-order valence-electron chi connectivity index (χ2n) is 8.32. The van der Waals surface area contributed by atoms with Crippen LogP contribution in [-0.2, 0) is 5.41 Å². The zero-order chi connectivity index (χ0) is 14.3. The monoisotopic (exact) mass is 304 g/mol. The molecule has 0 heterocycles. The Kier molecular flexibility index (Phi) is 1.56. The van der Waals surface area contributed by atoms with Crippen molar-refractivity contribution >= 4 is 11.6 Å². The smallest absolute Gasteiger partial charge is 0.0487 e. The quantitative estimate of drug-likeness (QED) is 0.621. The lowest BCUT2D eigenvalue weighted by molar-refractivity contribution is -0.149. The molecule has 0 radical (unpaired) electrons. The summed E-state index contributed by atoms with van der Waals surface area (Å²) in [4.78, 5) is 0. The first kappa shape index (κ1) is 11.3. The van der Waals surface area contributed by atoms with Gasteiger partial charge in [-0.15, -0.1) is 0 Å². The zero-order valence-electron chi connectivity index (χ0n) is 12.4. The zero-order valence-corrected chi connectivity index (χ0v) is 13.1. The first-order valence-corrected chi connectivity index (χ1v) is 9.07. The van der Waals surface area contributed by atoms with E-state index in [0.717, 1.165) is 28.7 Å².